The predicted octanol–water partition coefficient (Wildman–Crippen LogP) is 1.40. The van der Waals surface area contributed by atoms with Gasteiger partial charge in [0, 0.05) is 38.6 Å². The molecular weight excluding hydrogens is 323 g/mol. The van der Waals surface area contributed by atoms with Crippen LogP contribution in [0.4, 0.5) is 19.1 Å². The van der Waals surface area contributed by atoms with Crippen LogP contribution < -0.4 is 4.90 Å². The summed E-state index contributed by atoms with van der Waals surface area (Å²) in [7, 11) is 0. The van der Waals surface area contributed by atoms with Crippen molar-refractivity contribution in [1.82, 2.24) is 19.8 Å². The first-order chi connectivity index (χ1) is 11.4. The number of anilines is 1. The van der Waals surface area contributed by atoms with Crippen LogP contribution in [0.15, 0.2) is 18.5 Å². The molecule has 6 nitrogen and oxygen atoms in total. The Hall–Kier alpha value is -1.90. The standard InChI is InChI=1S/C15H22F3N5O/c1-2-6-21(12-15(16,17)18)11-13(24)22-7-9-23(10-8-22)14-19-4-3-5-20-14/h3-5H,2,6-12H2,1H3. The van der Waals surface area contributed by atoms with E-state index in [1.807, 2.05) is 4.90 Å². The van der Waals surface area contributed by atoms with E-state index in [-0.39, 0.29) is 19.0 Å². The highest BCUT2D eigenvalue weighted by Crippen LogP contribution is 2.17. The highest BCUT2D eigenvalue weighted by atomic mass is 19.4. The van der Waals surface area contributed by atoms with Gasteiger partial charge in [0.15, 0.2) is 0 Å². The molecule has 2 heterocycles. The van der Waals surface area contributed by atoms with Gasteiger partial charge in [0.05, 0.1) is 13.1 Å². The van der Waals surface area contributed by atoms with Crippen LogP contribution in [0, 0.1) is 0 Å². The van der Waals surface area contributed by atoms with Crippen LogP contribution >= 0.6 is 0 Å². The molecule has 9 heteroatoms. The van der Waals surface area contributed by atoms with Crippen molar-refractivity contribution in [2.75, 3.05) is 50.7 Å². The normalized spacial score (nSPS) is 15.9. The molecule has 0 unspecified atom stereocenters. The maximum atomic E-state index is 12.6. The molecule has 0 radical (unpaired) electrons. The number of aromatic nitrogens is 2. The zero-order valence-corrected chi connectivity index (χ0v) is 13.7. The zero-order valence-electron chi connectivity index (χ0n) is 13.7. The third kappa shape index (κ3) is 5.63. The highest BCUT2D eigenvalue weighted by Gasteiger charge is 2.32. The molecular formula is C15H22F3N5O. The first-order valence-corrected chi connectivity index (χ1v) is 7.98. The number of nitrogens with zero attached hydrogens (tertiary/aromatic N) is 5. The Kier molecular flexibility index (Phi) is 6.36. The molecule has 0 aromatic carbocycles. The van der Waals surface area contributed by atoms with Crippen LogP contribution in [0.2, 0.25) is 0 Å². The zero-order chi connectivity index (χ0) is 17.6. The van der Waals surface area contributed by atoms with Crippen molar-refractivity contribution in [1.29, 1.82) is 0 Å². The summed E-state index contributed by atoms with van der Waals surface area (Å²) in [6.45, 7) is 2.87. The molecule has 24 heavy (non-hydrogen) atoms. The molecule has 1 aliphatic heterocycles. The van der Waals surface area contributed by atoms with E-state index < -0.39 is 12.7 Å². The van der Waals surface area contributed by atoms with Crippen LogP contribution in [-0.2, 0) is 4.79 Å². The van der Waals surface area contributed by atoms with E-state index in [0.29, 0.717) is 38.5 Å². The van der Waals surface area contributed by atoms with Gasteiger partial charge >= 0.3 is 6.18 Å². The fourth-order valence-corrected chi connectivity index (χ4v) is 2.69. The minimum atomic E-state index is -4.29. The second-order valence-corrected chi connectivity index (χ2v) is 5.74. The first-order valence-electron chi connectivity index (χ1n) is 7.98. The highest BCUT2D eigenvalue weighted by molar-refractivity contribution is 5.78. The molecule has 1 aromatic heterocycles. The Morgan fingerprint density at radius 1 is 1.21 bits per heavy atom. The number of hydrogen-bond donors (Lipinski definition) is 0. The lowest BCUT2D eigenvalue weighted by molar-refractivity contribution is -0.151. The quantitative estimate of drug-likeness (QED) is 0.780. The van der Waals surface area contributed by atoms with E-state index in [2.05, 4.69) is 9.97 Å². The van der Waals surface area contributed by atoms with Crippen molar-refractivity contribution in [3.63, 3.8) is 0 Å². The van der Waals surface area contributed by atoms with Crippen molar-refractivity contribution in [2.24, 2.45) is 0 Å². The molecule has 134 valence electrons. The fourth-order valence-electron chi connectivity index (χ4n) is 2.69. The lowest BCUT2D eigenvalue weighted by Crippen LogP contribution is -2.52. The summed E-state index contributed by atoms with van der Waals surface area (Å²) >= 11 is 0. The van der Waals surface area contributed by atoms with Crippen molar-refractivity contribution in [3.8, 4) is 0 Å². The van der Waals surface area contributed by atoms with Gasteiger partial charge < -0.3 is 9.80 Å². The molecule has 0 bridgehead atoms. The molecule has 1 aliphatic rings. The van der Waals surface area contributed by atoms with Gasteiger partial charge in [-0.3, -0.25) is 9.69 Å². The topological polar surface area (TPSA) is 52.6 Å². The number of carbonyl (C=O) groups excluding carboxylic acids is 1. The maximum absolute atomic E-state index is 12.6. The summed E-state index contributed by atoms with van der Waals surface area (Å²) in [5, 5.41) is 0. The van der Waals surface area contributed by atoms with Crippen molar-refractivity contribution in [3.05, 3.63) is 18.5 Å². The summed E-state index contributed by atoms with van der Waals surface area (Å²) < 4.78 is 37.7. The summed E-state index contributed by atoms with van der Waals surface area (Å²) in [5.41, 5.74) is 0. The largest absolute Gasteiger partial charge is 0.401 e. The SMILES string of the molecule is CCCN(CC(=O)N1CCN(c2ncccn2)CC1)CC(F)(F)F. The van der Waals surface area contributed by atoms with Crippen LogP contribution in [-0.4, -0.2) is 77.7 Å². The predicted molar refractivity (Wildman–Crippen MR) is 83.6 cm³/mol. The summed E-state index contributed by atoms with van der Waals surface area (Å²) in [5.74, 6) is 0.343. The second-order valence-electron chi connectivity index (χ2n) is 5.74. The van der Waals surface area contributed by atoms with E-state index in [4.69, 9.17) is 0 Å². The van der Waals surface area contributed by atoms with Gasteiger partial charge in [-0.15, -0.1) is 0 Å². The molecule has 1 amide bonds. The first kappa shape index (κ1) is 18.4. The molecule has 2 rings (SSSR count). The Bertz CT molecular complexity index is 518. The minimum absolute atomic E-state index is 0.199. The van der Waals surface area contributed by atoms with E-state index in [9.17, 15) is 18.0 Å². The third-order valence-corrected chi connectivity index (χ3v) is 3.77. The average molecular weight is 345 g/mol. The lowest BCUT2D eigenvalue weighted by Gasteiger charge is -2.35. The number of piperazine rings is 1. The van der Waals surface area contributed by atoms with Gasteiger partial charge in [0.1, 0.15) is 0 Å². The van der Waals surface area contributed by atoms with Crippen LogP contribution in [0.25, 0.3) is 0 Å². The Morgan fingerprint density at radius 3 is 2.38 bits per heavy atom. The third-order valence-electron chi connectivity index (χ3n) is 3.77. The van der Waals surface area contributed by atoms with E-state index in [1.54, 1.807) is 30.3 Å². The van der Waals surface area contributed by atoms with Crippen LogP contribution in [0.1, 0.15) is 13.3 Å². The number of carbonyl (C=O) groups is 1. The Balaban J connectivity index is 1.85. The number of hydrogen-bond acceptors (Lipinski definition) is 5. The Morgan fingerprint density at radius 2 is 1.83 bits per heavy atom. The van der Waals surface area contributed by atoms with E-state index in [0.717, 1.165) is 4.90 Å². The van der Waals surface area contributed by atoms with Gasteiger partial charge in [0.2, 0.25) is 11.9 Å². The van der Waals surface area contributed by atoms with Crippen LogP contribution in [0.5, 0.6) is 0 Å². The average Bonchev–Trinajstić information content (AvgIpc) is 2.54. The molecule has 0 atom stereocenters. The van der Waals surface area contributed by atoms with Crippen molar-refractivity contribution >= 4 is 11.9 Å². The summed E-state index contributed by atoms with van der Waals surface area (Å²) in [4.78, 5) is 25.3. The molecule has 1 aromatic rings. The molecule has 0 saturated carbocycles. The fraction of sp³-hybridized carbons (Fsp3) is 0.667. The smallest absolute Gasteiger partial charge is 0.338 e. The number of amides is 1. The molecule has 0 spiro atoms. The molecule has 1 fully saturated rings. The number of halogens is 3. The number of rotatable bonds is 6. The molecule has 0 N–H and O–H groups in total. The van der Waals surface area contributed by atoms with Gasteiger partial charge in [-0.1, -0.05) is 6.92 Å². The van der Waals surface area contributed by atoms with Crippen molar-refractivity contribution in [2.45, 2.75) is 19.5 Å². The van der Waals surface area contributed by atoms with E-state index in [1.165, 1.54) is 0 Å². The maximum Gasteiger partial charge on any atom is 0.401 e. The van der Waals surface area contributed by atoms with Gasteiger partial charge in [0.25, 0.3) is 0 Å². The van der Waals surface area contributed by atoms with Crippen LogP contribution in [0.3, 0.4) is 0 Å². The lowest BCUT2D eigenvalue weighted by atomic mass is 10.3. The molecule has 1 saturated heterocycles. The van der Waals surface area contributed by atoms with Gasteiger partial charge in [-0.25, -0.2) is 9.97 Å². The van der Waals surface area contributed by atoms with Gasteiger partial charge in [-0.05, 0) is 19.0 Å². The molecule has 0 aliphatic carbocycles. The summed E-state index contributed by atoms with van der Waals surface area (Å²) in [6.07, 6.45) is -0.416. The van der Waals surface area contributed by atoms with Crippen molar-refractivity contribution < 1.29 is 18.0 Å². The summed E-state index contributed by atoms with van der Waals surface area (Å²) in [6, 6.07) is 1.73. The second kappa shape index (κ2) is 8.27. The Labute approximate surface area is 139 Å². The number of alkyl halides is 3. The minimum Gasteiger partial charge on any atom is -0.338 e. The van der Waals surface area contributed by atoms with E-state index >= 15 is 0 Å². The van der Waals surface area contributed by atoms with Gasteiger partial charge in [-0.2, -0.15) is 13.2 Å². The monoisotopic (exact) mass is 345 g/mol.